The fourth-order valence-corrected chi connectivity index (χ4v) is 4.41. The van der Waals surface area contributed by atoms with Gasteiger partial charge < -0.3 is 10.1 Å². The summed E-state index contributed by atoms with van der Waals surface area (Å²) < 4.78 is 29.5. The second-order valence-corrected chi connectivity index (χ2v) is 8.74. The highest BCUT2D eigenvalue weighted by atomic mass is 35.5. The molecule has 7 heteroatoms. The van der Waals surface area contributed by atoms with Gasteiger partial charge in [-0.15, -0.1) is 0 Å². The number of nitrogens with zero attached hydrogens (tertiary/aromatic N) is 1. The molecule has 5 nitrogen and oxygen atoms in total. The number of benzene rings is 1. The predicted octanol–water partition coefficient (Wildman–Crippen LogP) is 3.30. The fourth-order valence-electron chi connectivity index (χ4n) is 3.27. The van der Waals surface area contributed by atoms with Gasteiger partial charge >= 0.3 is 0 Å². The van der Waals surface area contributed by atoms with E-state index in [1.165, 1.54) is 6.26 Å². The van der Waals surface area contributed by atoms with Gasteiger partial charge in [-0.1, -0.05) is 29.8 Å². The Labute approximate surface area is 153 Å². The van der Waals surface area contributed by atoms with Crippen LogP contribution in [0, 0.1) is 0 Å². The highest BCUT2D eigenvalue weighted by molar-refractivity contribution is 7.90. The van der Waals surface area contributed by atoms with E-state index in [1.54, 1.807) is 18.3 Å². The van der Waals surface area contributed by atoms with E-state index in [2.05, 4.69) is 10.3 Å². The molecule has 1 aliphatic heterocycles. The number of aromatic nitrogens is 1. The van der Waals surface area contributed by atoms with Crippen LogP contribution in [-0.4, -0.2) is 39.4 Å². The molecule has 1 aromatic carbocycles. The molecular formula is C18H21ClN2O3S. The van der Waals surface area contributed by atoms with E-state index < -0.39 is 9.84 Å². The first kappa shape index (κ1) is 18.2. The SMILES string of the molecule is CS(=O)(=O)c1cccnc1NCC1(c2ccccc2Cl)CCOCC1. The van der Waals surface area contributed by atoms with E-state index in [0.29, 0.717) is 25.6 Å². The molecular weight excluding hydrogens is 360 g/mol. The molecule has 0 amide bonds. The van der Waals surface area contributed by atoms with Crippen LogP contribution in [0.1, 0.15) is 18.4 Å². The summed E-state index contributed by atoms with van der Waals surface area (Å²) in [6.07, 6.45) is 4.40. The van der Waals surface area contributed by atoms with Crippen molar-refractivity contribution in [3.63, 3.8) is 0 Å². The maximum Gasteiger partial charge on any atom is 0.179 e. The van der Waals surface area contributed by atoms with E-state index in [9.17, 15) is 8.42 Å². The summed E-state index contributed by atoms with van der Waals surface area (Å²) in [6.45, 7) is 1.84. The summed E-state index contributed by atoms with van der Waals surface area (Å²) >= 11 is 6.45. The lowest BCUT2D eigenvalue weighted by molar-refractivity contribution is 0.0544. The molecule has 2 aromatic rings. The molecule has 2 heterocycles. The summed E-state index contributed by atoms with van der Waals surface area (Å²) in [5, 5.41) is 3.97. The third-order valence-electron chi connectivity index (χ3n) is 4.66. The second-order valence-electron chi connectivity index (χ2n) is 6.35. The van der Waals surface area contributed by atoms with Gasteiger partial charge in [-0.3, -0.25) is 0 Å². The van der Waals surface area contributed by atoms with Gasteiger partial charge in [0.15, 0.2) is 9.84 Å². The number of pyridine rings is 1. The molecule has 1 N–H and O–H groups in total. The minimum Gasteiger partial charge on any atom is -0.381 e. The van der Waals surface area contributed by atoms with Gasteiger partial charge in [0.2, 0.25) is 0 Å². The molecule has 0 aliphatic carbocycles. The summed E-state index contributed by atoms with van der Waals surface area (Å²) in [4.78, 5) is 4.43. The van der Waals surface area contributed by atoms with Crippen molar-refractivity contribution < 1.29 is 13.2 Å². The van der Waals surface area contributed by atoms with Crippen molar-refractivity contribution in [2.45, 2.75) is 23.2 Å². The van der Waals surface area contributed by atoms with Crippen molar-refractivity contribution in [1.29, 1.82) is 0 Å². The number of halogens is 1. The van der Waals surface area contributed by atoms with Gasteiger partial charge in [-0.25, -0.2) is 13.4 Å². The van der Waals surface area contributed by atoms with E-state index in [1.807, 2.05) is 24.3 Å². The number of hydrogen-bond donors (Lipinski definition) is 1. The minimum atomic E-state index is -3.35. The molecule has 0 saturated carbocycles. The topological polar surface area (TPSA) is 68.3 Å². The van der Waals surface area contributed by atoms with E-state index >= 15 is 0 Å². The van der Waals surface area contributed by atoms with E-state index in [-0.39, 0.29) is 10.3 Å². The van der Waals surface area contributed by atoms with Crippen LogP contribution in [0.3, 0.4) is 0 Å². The van der Waals surface area contributed by atoms with Gasteiger partial charge in [0.25, 0.3) is 0 Å². The van der Waals surface area contributed by atoms with Gasteiger partial charge in [0.1, 0.15) is 10.7 Å². The van der Waals surface area contributed by atoms with Crippen LogP contribution in [0.15, 0.2) is 47.5 Å². The summed E-state index contributed by atoms with van der Waals surface area (Å²) in [6, 6.07) is 11.0. The zero-order valence-electron chi connectivity index (χ0n) is 14.0. The van der Waals surface area contributed by atoms with Crippen LogP contribution in [0.2, 0.25) is 5.02 Å². The summed E-state index contributed by atoms with van der Waals surface area (Å²) in [5.41, 5.74) is 0.840. The summed E-state index contributed by atoms with van der Waals surface area (Å²) in [5.74, 6) is 0.378. The number of nitrogens with one attached hydrogen (secondary N) is 1. The Morgan fingerprint density at radius 1 is 1.20 bits per heavy atom. The lowest BCUT2D eigenvalue weighted by Gasteiger charge is -2.38. The lowest BCUT2D eigenvalue weighted by atomic mass is 9.74. The smallest absolute Gasteiger partial charge is 0.179 e. The number of ether oxygens (including phenoxy) is 1. The van der Waals surface area contributed by atoms with Gasteiger partial charge in [-0.05, 0) is 36.6 Å². The molecule has 1 aromatic heterocycles. The highest BCUT2D eigenvalue weighted by Crippen LogP contribution is 2.39. The third kappa shape index (κ3) is 3.97. The monoisotopic (exact) mass is 380 g/mol. The zero-order valence-corrected chi connectivity index (χ0v) is 15.6. The Hall–Kier alpha value is -1.63. The van der Waals surface area contributed by atoms with Gasteiger partial charge in [-0.2, -0.15) is 0 Å². The maximum atomic E-state index is 12.0. The molecule has 3 rings (SSSR count). The standard InChI is InChI=1S/C18H21ClN2O3S/c1-25(22,23)16-7-4-10-20-17(16)21-13-18(8-11-24-12-9-18)14-5-2-3-6-15(14)19/h2-7,10H,8-9,11-13H2,1H3,(H,20,21). The third-order valence-corrected chi connectivity index (χ3v) is 6.12. The first-order valence-electron chi connectivity index (χ1n) is 8.14. The minimum absolute atomic E-state index is 0.205. The van der Waals surface area contributed by atoms with Crippen molar-refractivity contribution >= 4 is 27.3 Å². The Morgan fingerprint density at radius 2 is 1.92 bits per heavy atom. The van der Waals surface area contributed by atoms with Gasteiger partial charge in [0.05, 0.1) is 0 Å². The lowest BCUT2D eigenvalue weighted by Crippen LogP contribution is -2.40. The van der Waals surface area contributed by atoms with E-state index in [4.69, 9.17) is 16.3 Å². The number of anilines is 1. The molecule has 1 saturated heterocycles. The van der Waals surface area contributed by atoms with Crippen molar-refractivity contribution in [3.8, 4) is 0 Å². The van der Waals surface area contributed by atoms with Crippen LogP contribution in [0.4, 0.5) is 5.82 Å². The average molecular weight is 381 g/mol. The van der Waals surface area contributed by atoms with Crippen LogP contribution in [0.5, 0.6) is 0 Å². The molecule has 0 atom stereocenters. The van der Waals surface area contributed by atoms with Crippen LogP contribution >= 0.6 is 11.6 Å². The Morgan fingerprint density at radius 3 is 2.60 bits per heavy atom. The zero-order chi connectivity index (χ0) is 17.9. The van der Waals surface area contributed by atoms with E-state index in [0.717, 1.165) is 23.4 Å². The normalized spacial score (nSPS) is 17.2. The van der Waals surface area contributed by atoms with Crippen LogP contribution in [0.25, 0.3) is 0 Å². The quantitative estimate of drug-likeness (QED) is 0.861. The fraction of sp³-hybridized carbons (Fsp3) is 0.389. The predicted molar refractivity (Wildman–Crippen MR) is 99.0 cm³/mol. The average Bonchev–Trinajstić information content (AvgIpc) is 2.61. The molecule has 134 valence electrons. The first-order chi connectivity index (χ1) is 11.9. The Bertz CT molecular complexity index is 849. The van der Waals surface area contributed by atoms with Crippen molar-refractivity contribution in [3.05, 3.63) is 53.2 Å². The van der Waals surface area contributed by atoms with Crippen LogP contribution in [-0.2, 0) is 20.0 Å². The molecule has 0 radical (unpaired) electrons. The maximum absolute atomic E-state index is 12.0. The molecule has 0 bridgehead atoms. The highest BCUT2D eigenvalue weighted by Gasteiger charge is 2.36. The van der Waals surface area contributed by atoms with Crippen LogP contribution < -0.4 is 5.32 Å². The number of sulfone groups is 1. The first-order valence-corrected chi connectivity index (χ1v) is 10.4. The molecule has 25 heavy (non-hydrogen) atoms. The van der Waals surface area contributed by atoms with Crippen molar-refractivity contribution in [2.24, 2.45) is 0 Å². The Kier molecular flexibility index (Phi) is 5.32. The largest absolute Gasteiger partial charge is 0.381 e. The van der Waals surface area contributed by atoms with Crippen molar-refractivity contribution in [2.75, 3.05) is 31.3 Å². The molecule has 0 spiro atoms. The number of hydrogen-bond acceptors (Lipinski definition) is 5. The Balaban J connectivity index is 1.93. The van der Waals surface area contributed by atoms with Crippen molar-refractivity contribution in [1.82, 2.24) is 4.98 Å². The molecule has 1 aliphatic rings. The summed E-state index contributed by atoms with van der Waals surface area (Å²) in [7, 11) is -3.35. The number of rotatable bonds is 5. The van der Waals surface area contributed by atoms with Gasteiger partial charge in [0, 0.05) is 42.6 Å². The second kappa shape index (κ2) is 7.32. The molecule has 0 unspecified atom stereocenters. The molecule has 1 fully saturated rings.